The maximum atomic E-state index is 11.4. The highest BCUT2D eigenvalue weighted by atomic mass is 32.1. The lowest BCUT2D eigenvalue weighted by Gasteiger charge is -2.22. The van der Waals surface area contributed by atoms with Crippen molar-refractivity contribution in [2.45, 2.75) is 20.3 Å². The number of hydrogen-bond donors (Lipinski definition) is 0. The first-order chi connectivity index (χ1) is 11.0. The van der Waals surface area contributed by atoms with Crippen molar-refractivity contribution in [1.82, 2.24) is 14.8 Å². The van der Waals surface area contributed by atoms with Gasteiger partial charge in [-0.3, -0.25) is 10.1 Å². The average Bonchev–Trinajstić information content (AvgIpc) is 2.93. The van der Waals surface area contributed by atoms with E-state index in [0.29, 0.717) is 11.5 Å². The Kier molecular flexibility index (Phi) is 4.20. The summed E-state index contributed by atoms with van der Waals surface area (Å²) in [5.41, 5.74) is 1.61. The summed E-state index contributed by atoms with van der Waals surface area (Å²) in [7, 11) is 1.77. The van der Waals surface area contributed by atoms with Gasteiger partial charge in [0.1, 0.15) is 5.69 Å². The Balaban J connectivity index is 1.82. The zero-order chi connectivity index (χ0) is 16.6. The van der Waals surface area contributed by atoms with Crippen LogP contribution >= 0.6 is 11.3 Å². The van der Waals surface area contributed by atoms with Gasteiger partial charge in [0.2, 0.25) is 5.82 Å². The fraction of sp³-hybridized carbons (Fsp3) is 0.571. The summed E-state index contributed by atoms with van der Waals surface area (Å²) in [5.74, 6) is 0.602. The molecule has 3 heterocycles. The number of rotatable bonds is 3. The monoisotopic (exact) mass is 336 g/mol. The number of hydrogen-bond acceptors (Lipinski definition) is 7. The van der Waals surface area contributed by atoms with Crippen LogP contribution in [0, 0.1) is 24.0 Å². The van der Waals surface area contributed by atoms with E-state index in [0.717, 1.165) is 43.4 Å². The molecule has 0 aromatic carbocycles. The molecular formula is C14H20N6O2S. The maximum Gasteiger partial charge on any atom is 0.333 e. The average molecular weight is 336 g/mol. The predicted octanol–water partition coefficient (Wildman–Crippen LogP) is 2.12. The number of nitro groups is 1. The van der Waals surface area contributed by atoms with E-state index in [1.165, 1.54) is 0 Å². The van der Waals surface area contributed by atoms with Gasteiger partial charge in [-0.1, -0.05) is 0 Å². The Hall–Kier alpha value is -2.16. The second-order valence-electron chi connectivity index (χ2n) is 5.74. The fourth-order valence-electron chi connectivity index (χ4n) is 3.01. The first-order valence-corrected chi connectivity index (χ1v) is 8.45. The van der Waals surface area contributed by atoms with Crippen molar-refractivity contribution in [2.24, 2.45) is 7.05 Å². The van der Waals surface area contributed by atoms with Crippen molar-refractivity contribution in [1.29, 1.82) is 0 Å². The van der Waals surface area contributed by atoms with E-state index in [2.05, 4.69) is 19.9 Å². The van der Waals surface area contributed by atoms with E-state index >= 15 is 0 Å². The van der Waals surface area contributed by atoms with Crippen LogP contribution in [0.15, 0.2) is 5.38 Å². The standard InChI is InChI=1S/C14H20N6O2S/c1-10-9-23-14(15-10)19-6-4-5-18(7-8-19)13-12(20(21)22)11(2)16-17(13)3/h9H,4-8H2,1-3H3. The first kappa shape index (κ1) is 15.7. The van der Waals surface area contributed by atoms with Crippen LogP contribution in [0.4, 0.5) is 16.6 Å². The molecule has 2 aromatic rings. The maximum absolute atomic E-state index is 11.4. The third kappa shape index (κ3) is 3.00. The molecule has 1 fully saturated rings. The molecule has 0 saturated carbocycles. The molecule has 1 aliphatic heterocycles. The normalized spacial score (nSPS) is 15.8. The van der Waals surface area contributed by atoms with Crippen LogP contribution in [0.3, 0.4) is 0 Å². The van der Waals surface area contributed by atoms with Gasteiger partial charge in [-0.25, -0.2) is 9.67 Å². The minimum absolute atomic E-state index is 0.117. The van der Waals surface area contributed by atoms with Gasteiger partial charge in [-0.2, -0.15) is 5.10 Å². The number of aromatic nitrogens is 3. The quantitative estimate of drug-likeness (QED) is 0.631. The molecule has 124 valence electrons. The van der Waals surface area contributed by atoms with Gasteiger partial charge in [-0.05, 0) is 20.3 Å². The second-order valence-corrected chi connectivity index (χ2v) is 6.57. The van der Waals surface area contributed by atoms with E-state index < -0.39 is 0 Å². The molecule has 0 unspecified atom stereocenters. The first-order valence-electron chi connectivity index (χ1n) is 7.57. The molecular weight excluding hydrogens is 316 g/mol. The molecule has 0 atom stereocenters. The predicted molar refractivity (Wildman–Crippen MR) is 90.5 cm³/mol. The van der Waals surface area contributed by atoms with Crippen LogP contribution in [0.1, 0.15) is 17.8 Å². The van der Waals surface area contributed by atoms with E-state index in [-0.39, 0.29) is 10.6 Å². The Bertz CT molecular complexity index is 725. The topological polar surface area (TPSA) is 80.3 Å². The molecule has 8 nitrogen and oxygen atoms in total. The van der Waals surface area contributed by atoms with E-state index in [4.69, 9.17) is 0 Å². The van der Waals surface area contributed by atoms with Gasteiger partial charge in [0, 0.05) is 38.6 Å². The summed E-state index contributed by atoms with van der Waals surface area (Å²) in [6.07, 6.45) is 0.931. The van der Waals surface area contributed by atoms with Crippen LogP contribution in [-0.4, -0.2) is 45.9 Å². The van der Waals surface area contributed by atoms with Crippen molar-refractivity contribution in [3.05, 3.63) is 26.9 Å². The Morgan fingerprint density at radius 3 is 2.57 bits per heavy atom. The van der Waals surface area contributed by atoms with Gasteiger partial charge < -0.3 is 9.80 Å². The lowest BCUT2D eigenvalue weighted by atomic mass is 10.3. The summed E-state index contributed by atoms with van der Waals surface area (Å²) >= 11 is 1.65. The van der Waals surface area contributed by atoms with Crippen LogP contribution < -0.4 is 9.80 Å². The van der Waals surface area contributed by atoms with Crippen molar-refractivity contribution in [2.75, 3.05) is 36.0 Å². The minimum Gasteiger partial charge on any atom is -0.349 e. The molecule has 23 heavy (non-hydrogen) atoms. The zero-order valence-electron chi connectivity index (χ0n) is 13.5. The molecule has 1 saturated heterocycles. The summed E-state index contributed by atoms with van der Waals surface area (Å²) in [6.45, 7) is 6.89. The van der Waals surface area contributed by atoms with Crippen molar-refractivity contribution in [3.8, 4) is 0 Å². The zero-order valence-corrected chi connectivity index (χ0v) is 14.3. The summed E-state index contributed by atoms with van der Waals surface area (Å²) < 4.78 is 1.62. The lowest BCUT2D eigenvalue weighted by molar-refractivity contribution is -0.384. The molecule has 0 N–H and O–H groups in total. The number of aryl methyl sites for hydroxylation is 3. The lowest BCUT2D eigenvalue weighted by Crippen LogP contribution is -2.32. The van der Waals surface area contributed by atoms with Crippen LogP contribution in [0.2, 0.25) is 0 Å². The number of anilines is 2. The van der Waals surface area contributed by atoms with Crippen LogP contribution in [0.5, 0.6) is 0 Å². The fourth-order valence-corrected chi connectivity index (χ4v) is 3.87. The van der Waals surface area contributed by atoms with Crippen molar-refractivity contribution < 1.29 is 4.92 Å². The van der Waals surface area contributed by atoms with Gasteiger partial charge in [0.05, 0.1) is 10.6 Å². The third-order valence-electron chi connectivity index (χ3n) is 4.02. The number of thiazole rings is 1. The van der Waals surface area contributed by atoms with Gasteiger partial charge in [-0.15, -0.1) is 11.3 Å². The van der Waals surface area contributed by atoms with E-state index in [1.807, 2.05) is 12.3 Å². The molecule has 0 amide bonds. The van der Waals surface area contributed by atoms with Gasteiger partial charge in [0.15, 0.2) is 5.13 Å². The molecule has 0 spiro atoms. The summed E-state index contributed by atoms with van der Waals surface area (Å²) in [5, 5.41) is 18.7. The van der Waals surface area contributed by atoms with Gasteiger partial charge >= 0.3 is 5.69 Å². The molecule has 0 bridgehead atoms. The van der Waals surface area contributed by atoms with E-state index in [9.17, 15) is 10.1 Å². The SMILES string of the molecule is Cc1csc(N2CCCN(c3c([N+](=O)[O-])c(C)nn3C)CC2)n1. The number of nitrogens with zero attached hydrogens (tertiary/aromatic N) is 6. The highest BCUT2D eigenvalue weighted by Crippen LogP contribution is 2.32. The molecule has 0 radical (unpaired) electrons. The minimum atomic E-state index is -0.329. The van der Waals surface area contributed by atoms with E-state index in [1.54, 1.807) is 30.0 Å². The summed E-state index contributed by atoms with van der Waals surface area (Å²) in [6, 6.07) is 0. The molecule has 0 aliphatic carbocycles. The molecule has 2 aromatic heterocycles. The molecule has 9 heteroatoms. The second kappa shape index (κ2) is 6.15. The van der Waals surface area contributed by atoms with Crippen LogP contribution in [0.25, 0.3) is 0 Å². The Morgan fingerprint density at radius 2 is 1.91 bits per heavy atom. The smallest absolute Gasteiger partial charge is 0.333 e. The van der Waals surface area contributed by atoms with Gasteiger partial charge in [0.25, 0.3) is 0 Å². The Labute approximate surface area is 138 Å². The highest BCUT2D eigenvalue weighted by molar-refractivity contribution is 7.13. The third-order valence-corrected chi connectivity index (χ3v) is 5.04. The Morgan fingerprint density at radius 1 is 1.22 bits per heavy atom. The van der Waals surface area contributed by atoms with Crippen molar-refractivity contribution in [3.63, 3.8) is 0 Å². The summed E-state index contributed by atoms with van der Waals surface area (Å²) in [4.78, 5) is 19.9. The van der Waals surface area contributed by atoms with Crippen LogP contribution in [-0.2, 0) is 7.05 Å². The largest absolute Gasteiger partial charge is 0.349 e. The molecule has 3 rings (SSSR count). The van der Waals surface area contributed by atoms with Crippen molar-refractivity contribution >= 4 is 28.0 Å². The molecule has 1 aliphatic rings. The highest BCUT2D eigenvalue weighted by Gasteiger charge is 2.29.